The highest BCUT2D eigenvalue weighted by atomic mass is 16.5. The lowest BCUT2D eigenvalue weighted by Gasteiger charge is -2.21. The maximum atomic E-state index is 5.78. The minimum absolute atomic E-state index is 0.497. The molecule has 0 unspecified atom stereocenters. The highest BCUT2D eigenvalue weighted by Gasteiger charge is 2.12. The number of hydrogen-bond acceptors (Lipinski definition) is 3. The predicted octanol–water partition coefficient (Wildman–Crippen LogP) is 2.17. The van der Waals surface area contributed by atoms with Gasteiger partial charge in [0.05, 0.1) is 12.7 Å². The van der Waals surface area contributed by atoms with Crippen LogP contribution in [0.15, 0.2) is 12.4 Å². The highest BCUT2D eigenvalue weighted by molar-refractivity contribution is 5.22. The molecule has 0 bridgehead atoms. The third-order valence-corrected chi connectivity index (χ3v) is 2.80. The first kappa shape index (κ1) is 10.5. The monoisotopic (exact) mass is 209 g/mol. The van der Waals surface area contributed by atoms with E-state index in [2.05, 4.69) is 15.3 Å². The number of nitrogens with one attached hydrogen (secondary N) is 2. The summed E-state index contributed by atoms with van der Waals surface area (Å²) in [4.78, 5) is 7.08. The number of aromatic amines is 1. The molecule has 0 aliphatic heterocycles. The summed E-state index contributed by atoms with van der Waals surface area (Å²) in [5.74, 6) is 0.822. The predicted molar refractivity (Wildman–Crippen MR) is 59.9 cm³/mol. The molecule has 1 aromatic rings. The number of ether oxygens (including phenoxy) is 1. The van der Waals surface area contributed by atoms with Crippen molar-refractivity contribution in [3.63, 3.8) is 0 Å². The molecule has 1 fully saturated rings. The second kappa shape index (κ2) is 5.75. The van der Waals surface area contributed by atoms with Gasteiger partial charge in [-0.25, -0.2) is 4.98 Å². The van der Waals surface area contributed by atoms with E-state index in [1.165, 1.54) is 32.1 Å². The van der Waals surface area contributed by atoms with Gasteiger partial charge in [-0.3, -0.25) is 0 Å². The maximum absolute atomic E-state index is 5.78. The zero-order valence-corrected chi connectivity index (χ0v) is 9.04. The molecule has 0 radical (unpaired) electrons. The molecule has 0 atom stereocenters. The van der Waals surface area contributed by atoms with Crippen molar-refractivity contribution in [3.8, 4) is 0 Å². The van der Waals surface area contributed by atoms with Crippen molar-refractivity contribution in [1.29, 1.82) is 0 Å². The molecule has 1 heterocycles. The third kappa shape index (κ3) is 3.55. The molecule has 0 amide bonds. The van der Waals surface area contributed by atoms with Gasteiger partial charge < -0.3 is 15.0 Å². The quantitative estimate of drug-likeness (QED) is 0.731. The lowest BCUT2D eigenvalue weighted by atomic mass is 9.98. The van der Waals surface area contributed by atoms with E-state index >= 15 is 0 Å². The molecule has 1 aliphatic rings. The van der Waals surface area contributed by atoms with Gasteiger partial charge in [0.1, 0.15) is 0 Å². The molecule has 4 heteroatoms. The summed E-state index contributed by atoms with van der Waals surface area (Å²) in [6.07, 6.45) is 10.6. The summed E-state index contributed by atoms with van der Waals surface area (Å²) in [5, 5.41) is 3.17. The van der Waals surface area contributed by atoms with Crippen molar-refractivity contribution in [2.75, 3.05) is 18.5 Å². The zero-order chi connectivity index (χ0) is 10.3. The first-order valence-corrected chi connectivity index (χ1v) is 5.80. The molecule has 4 nitrogen and oxygen atoms in total. The van der Waals surface area contributed by atoms with Crippen LogP contribution in [-0.2, 0) is 4.74 Å². The first-order chi connectivity index (χ1) is 7.45. The minimum atomic E-state index is 0.497. The summed E-state index contributed by atoms with van der Waals surface area (Å²) in [7, 11) is 0. The molecule has 1 aromatic heterocycles. The van der Waals surface area contributed by atoms with Gasteiger partial charge in [0, 0.05) is 18.9 Å². The molecular weight excluding hydrogens is 190 g/mol. The average molecular weight is 209 g/mol. The molecule has 84 valence electrons. The van der Waals surface area contributed by atoms with Gasteiger partial charge in [-0.1, -0.05) is 19.3 Å². The molecular formula is C11H19N3O. The maximum Gasteiger partial charge on any atom is 0.200 e. The van der Waals surface area contributed by atoms with Crippen LogP contribution in [0.3, 0.4) is 0 Å². The van der Waals surface area contributed by atoms with Crippen LogP contribution >= 0.6 is 0 Å². The summed E-state index contributed by atoms with van der Waals surface area (Å²) >= 11 is 0. The molecule has 2 N–H and O–H groups in total. The van der Waals surface area contributed by atoms with Crippen LogP contribution in [-0.4, -0.2) is 29.2 Å². The van der Waals surface area contributed by atoms with Crippen molar-refractivity contribution in [1.82, 2.24) is 9.97 Å². The van der Waals surface area contributed by atoms with Gasteiger partial charge in [0.2, 0.25) is 0 Å². The van der Waals surface area contributed by atoms with Crippen LogP contribution in [0.2, 0.25) is 0 Å². The van der Waals surface area contributed by atoms with E-state index in [4.69, 9.17) is 4.74 Å². The molecule has 15 heavy (non-hydrogen) atoms. The van der Waals surface area contributed by atoms with Crippen LogP contribution in [0.25, 0.3) is 0 Å². The van der Waals surface area contributed by atoms with E-state index in [0.29, 0.717) is 6.10 Å². The molecule has 0 saturated heterocycles. The van der Waals surface area contributed by atoms with E-state index in [0.717, 1.165) is 19.1 Å². The molecule has 0 spiro atoms. The largest absolute Gasteiger partial charge is 0.376 e. The Morgan fingerprint density at radius 1 is 1.40 bits per heavy atom. The Morgan fingerprint density at radius 3 is 3.00 bits per heavy atom. The summed E-state index contributed by atoms with van der Waals surface area (Å²) in [5.41, 5.74) is 0. The average Bonchev–Trinajstić information content (AvgIpc) is 2.79. The molecule has 1 aliphatic carbocycles. The van der Waals surface area contributed by atoms with E-state index in [1.54, 1.807) is 6.20 Å². The highest BCUT2D eigenvalue weighted by Crippen LogP contribution is 2.19. The van der Waals surface area contributed by atoms with Crippen LogP contribution in [0.5, 0.6) is 0 Å². The number of rotatable bonds is 5. The SMILES string of the molecule is c1c[nH]c(NCCOC2CCCCC2)n1. The van der Waals surface area contributed by atoms with Gasteiger partial charge in [-0.2, -0.15) is 0 Å². The Morgan fingerprint density at radius 2 is 2.27 bits per heavy atom. The van der Waals surface area contributed by atoms with Crippen molar-refractivity contribution >= 4 is 5.95 Å². The standard InChI is InChI=1S/C11H19N3O/c1-2-4-10(5-3-1)15-9-8-14-11-12-6-7-13-11/h6-7,10H,1-5,8-9H2,(H2,12,13,14). The third-order valence-electron chi connectivity index (χ3n) is 2.80. The smallest absolute Gasteiger partial charge is 0.200 e. The second-order valence-corrected chi connectivity index (χ2v) is 4.00. The number of anilines is 1. The fourth-order valence-corrected chi connectivity index (χ4v) is 1.99. The minimum Gasteiger partial charge on any atom is -0.376 e. The fourth-order valence-electron chi connectivity index (χ4n) is 1.99. The van der Waals surface area contributed by atoms with Crippen LogP contribution < -0.4 is 5.32 Å². The second-order valence-electron chi connectivity index (χ2n) is 4.00. The number of hydrogen-bond donors (Lipinski definition) is 2. The fraction of sp³-hybridized carbons (Fsp3) is 0.727. The van der Waals surface area contributed by atoms with Crippen LogP contribution in [0.4, 0.5) is 5.95 Å². The zero-order valence-electron chi connectivity index (χ0n) is 9.04. The normalized spacial score (nSPS) is 17.9. The molecule has 1 saturated carbocycles. The van der Waals surface area contributed by atoms with E-state index < -0.39 is 0 Å². The Balaban J connectivity index is 1.54. The van der Waals surface area contributed by atoms with Crippen LogP contribution in [0, 0.1) is 0 Å². The first-order valence-electron chi connectivity index (χ1n) is 5.80. The lowest BCUT2D eigenvalue weighted by molar-refractivity contribution is 0.0347. The lowest BCUT2D eigenvalue weighted by Crippen LogP contribution is -2.20. The van der Waals surface area contributed by atoms with Crippen molar-refractivity contribution < 1.29 is 4.74 Å². The number of nitrogens with zero attached hydrogens (tertiary/aromatic N) is 1. The van der Waals surface area contributed by atoms with Crippen molar-refractivity contribution in [2.24, 2.45) is 0 Å². The summed E-state index contributed by atoms with van der Waals surface area (Å²) in [6, 6.07) is 0. The van der Waals surface area contributed by atoms with Gasteiger partial charge in [0.25, 0.3) is 0 Å². The number of aromatic nitrogens is 2. The Bertz CT molecular complexity index is 255. The van der Waals surface area contributed by atoms with E-state index in [-0.39, 0.29) is 0 Å². The number of H-pyrrole nitrogens is 1. The summed E-state index contributed by atoms with van der Waals surface area (Å²) in [6.45, 7) is 1.59. The van der Waals surface area contributed by atoms with Crippen LogP contribution in [0.1, 0.15) is 32.1 Å². The van der Waals surface area contributed by atoms with E-state index in [1.807, 2.05) is 6.20 Å². The van der Waals surface area contributed by atoms with E-state index in [9.17, 15) is 0 Å². The van der Waals surface area contributed by atoms with Gasteiger partial charge in [-0.05, 0) is 12.8 Å². The summed E-state index contributed by atoms with van der Waals surface area (Å²) < 4.78 is 5.78. The molecule has 2 rings (SSSR count). The Labute approximate surface area is 90.4 Å². The Kier molecular flexibility index (Phi) is 4.02. The topological polar surface area (TPSA) is 49.9 Å². The molecule has 0 aromatic carbocycles. The number of imidazole rings is 1. The van der Waals surface area contributed by atoms with Gasteiger partial charge in [0.15, 0.2) is 5.95 Å². The van der Waals surface area contributed by atoms with Crippen molar-refractivity contribution in [3.05, 3.63) is 12.4 Å². The van der Waals surface area contributed by atoms with Gasteiger partial charge >= 0.3 is 0 Å². The Hall–Kier alpha value is -1.03. The van der Waals surface area contributed by atoms with Crippen molar-refractivity contribution in [2.45, 2.75) is 38.2 Å². The van der Waals surface area contributed by atoms with Gasteiger partial charge in [-0.15, -0.1) is 0 Å².